The maximum absolute atomic E-state index is 10.5. The first-order valence-electron chi connectivity index (χ1n) is 6.13. The molecule has 0 aliphatic rings. The van der Waals surface area contributed by atoms with Gasteiger partial charge in [0.05, 0.1) is 14.2 Å². The molecule has 0 aliphatic heterocycles. The molecule has 0 spiro atoms. The Bertz CT molecular complexity index is 564. The van der Waals surface area contributed by atoms with Crippen LogP contribution in [-0.4, -0.2) is 19.3 Å². The second kappa shape index (κ2) is 5.76. The van der Waals surface area contributed by atoms with E-state index in [-0.39, 0.29) is 0 Å². The van der Waals surface area contributed by atoms with E-state index in [1.54, 1.807) is 14.2 Å². The Kier molecular flexibility index (Phi) is 4.07. The Morgan fingerprint density at radius 2 is 1.74 bits per heavy atom. The normalized spacial score (nSPS) is 12.0. The molecule has 0 aliphatic carbocycles. The molecule has 0 saturated heterocycles. The summed E-state index contributed by atoms with van der Waals surface area (Å²) >= 11 is 0. The van der Waals surface area contributed by atoms with Crippen LogP contribution < -0.4 is 9.47 Å². The standard InChI is InChI=1S/C16H18O3/c1-11-6-4-7-12(10-11)15(17)13-8-5-9-14(18-2)16(13)19-3/h4-10,15,17H,1-3H3. The number of hydrogen-bond donors (Lipinski definition) is 1. The van der Waals surface area contributed by atoms with Crippen LogP contribution in [0, 0.1) is 6.92 Å². The molecule has 0 amide bonds. The zero-order valence-corrected chi connectivity index (χ0v) is 11.4. The van der Waals surface area contributed by atoms with Crippen molar-refractivity contribution in [3.8, 4) is 11.5 Å². The van der Waals surface area contributed by atoms with Crippen LogP contribution in [0.25, 0.3) is 0 Å². The van der Waals surface area contributed by atoms with E-state index in [2.05, 4.69) is 0 Å². The lowest BCUT2D eigenvalue weighted by Gasteiger charge is -2.17. The number of aliphatic hydroxyl groups is 1. The summed E-state index contributed by atoms with van der Waals surface area (Å²) in [6, 6.07) is 13.3. The molecule has 0 fully saturated rings. The lowest BCUT2D eigenvalue weighted by Crippen LogP contribution is -2.04. The molecule has 1 unspecified atom stereocenters. The van der Waals surface area contributed by atoms with Gasteiger partial charge in [0.15, 0.2) is 11.5 Å². The number of rotatable bonds is 4. The molecule has 0 saturated carbocycles. The quantitative estimate of drug-likeness (QED) is 0.915. The highest BCUT2D eigenvalue weighted by Gasteiger charge is 2.18. The van der Waals surface area contributed by atoms with Crippen molar-refractivity contribution in [1.82, 2.24) is 0 Å². The zero-order chi connectivity index (χ0) is 13.8. The van der Waals surface area contributed by atoms with Crippen molar-refractivity contribution in [1.29, 1.82) is 0 Å². The molecular formula is C16H18O3. The predicted octanol–water partition coefficient (Wildman–Crippen LogP) is 3.09. The third kappa shape index (κ3) is 2.71. The lowest BCUT2D eigenvalue weighted by molar-refractivity contribution is 0.213. The first-order valence-corrected chi connectivity index (χ1v) is 6.13. The molecule has 0 aromatic heterocycles. The van der Waals surface area contributed by atoms with Crippen LogP contribution in [0.15, 0.2) is 42.5 Å². The number of benzene rings is 2. The summed E-state index contributed by atoms with van der Waals surface area (Å²) in [5.74, 6) is 1.19. The molecule has 19 heavy (non-hydrogen) atoms. The van der Waals surface area contributed by atoms with Crippen molar-refractivity contribution >= 4 is 0 Å². The van der Waals surface area contributed by atoms with Crippen molar-refractivity contribution < 1.29 is 14.6 Å². The first-order chi connectivity index (χ1) is 9.17. The molecule has 0 heterocycles. The van der Waals surface area contributed by atoms with Crippen LogP contribution in [0.4, 0.5) is 0 Å². The van der Waals surface area contributed by atoms with E-state index in [4.69, 9.17) is 9.47 Å². The van der Waals surface area contributed by atoms with Crippen molar-refractivity contribution in [2.45, 2.75) is 13.0 Å². The molecule has 0 bridgehead atoms. The average molecular weight is 258 g/mol. The molecule has 0 radical (unpaired) electrons. The van der Waals surface area contributed by atoms with Crippen LogP contribution >= 0.6 is 0 Å². The molecule has 1 atom stereocenters. The number of ether oxygens (including phenoxy) is 2. The highest BCUT2D eigenvalue weighted by molar-refractivity contribution is 5.50. The van der Waals surface area contributed by atoms with E-state index >= 15 is 0 Å². The summed E-state index contributed by atoms with van der Waals surface area (Å²) in [5.41, 5.74) is 2.65. The topological polar surface area (TPSA) is 38.7 Å². The summed E-state index contributed by atoms with van der Waals surface area (Å²) in [5, 5.41) is 10.5. The number of methoxy groups -OCH3 is 2. The monoisotopic (exact) mass is 258 g/mol. The van der Waals surface area contributed by atoms with Gasteiger partial charge < -0.3 is 14.6 Å². The van der Waals surface area contributed by atoms with Crippen molar-refractivity contribution in [3.05, 3.63) is 59.2 Å². The van der Waals surface area contributed by atoms with Gasteiger partial charge >= 0.3 is 0 Å². The highest BCUT2D eigenvalue weighted by Crippen LogP contribution is 2.37. The van der Waals surface area contributed by atoms with Crippen molar-refractivity contribution in [2.24, 2.45) is 0 Å². The fraction of sp³-hybridized carbons (Fsp3) is 0.250. The van der Waals surface area contributed by atoms with Gasteiger partial charge in [-0.3, -0.25) is 0 Å². The predicted molar refractivity (Wildman–Crippen MR) is 74.8 cm³/mol. The largest absolute Gasteiger partial charge is 0.493 e. The number of aryl methyl sites for hydroxylation is 1. The number of hydrogen-bond acceptors (Lipinski definition) is 3. The maximum atomic E-state index is 10.5. The van der Waals surface area contributed by atoms with Gasteiger partial charge in [-0.15, -0.1) is 0 Å². The highest BCUT2D eigenvalue weighted by atomic mass is 16.5. The molecule has 2 aromatic carbocycles. The Balaban J connectivity index is 2.46. The first kappa shape index (κ1) is 13.4. The lowest BCUT2D eigenvalue weighted by atomic mass is 9.99. The van der Waals surface area contributed by atoms with Crippen molar-refractivity contribution in [2.75, 3.05) is 14.2 Å². The van der Waals surface area contributed by atoms with Crippen LogP contribution in [0.3, 0.4) is 0 Å². The van der Waals surface area contributed by atoms with Crippen molar-refractivity contribution in [3.63, 3.8) is 0 Å². The van der Waals surface area contributed by atoms with Gasteiger partial charge in [-0.2, -0.15) is 0 Å². The molecule has 1 N–H and O–H groups in total. The van der Waals surface area contributed by atoms with E-state index in [1.165, 1.54) is 0 Å². The van der Waals surface area contributed by atoms with Gasteiger partial charge in [0.1, 0.15) is 6.10 Å². The zero-order valence-electron chi connectivity index (χ0n) is 11.4. The number of aliphatic hydroxyl groups excluding tert-OH is 1. The van der Waals surface area contributed by atoms with E-state index in [1.807, 2.05) is 49.4 Å². The average Bonchev–Trinajstić information content (AvgIpc) is 2.45. The van der Waals surface area contributed by atoms with E-state index in [0.29, 0.717) is 17.1 Å². The van der Waals surface area contributed by atoms with Crippen LogP contribution in [0.2, 0.25) is 0 Å². The summed E-state index contributed by atoms with van der Waals surface area (Å²) in [4.78, 5) is 0. The van der Waals surface area contributed by atoms with Crippen LogP contribution in [-0.2, 0) is 0 Å². The third-order valence-electron chi connectivity index (χ3n) is 3.09. The smallest absolute Gasteiger partial charge is 0.166 e. The summed E-state index contributed by atoms with van der Waals surface area (Å²) in [6.45, 7) is 2.00. The molecule has 2 rings (SSSR count). The van der Waals surface area contributed by atoms with Gasteiger partial charge in [-0.1, -0.05) is 42.0 Å². The van der Waals surface area contributed by atoms with E-state index < -0.39 is 6.10 Å². The Morgan fingerprint density at radius 1 is 1.00 bits per heavy atom. The second-order valence-corrected chi connectivity index (χ2v) is 4.40. The minimum atomic E-state index is -0.732. The van der Waals surface area contributed by atoms with Gasteiger partial charge in [-0.05, 0) is 18.6 Å². The van der Waals surface area contributed by atoms with E-state index in [0.717, 1.165) is 11.1 Å². The minimum absolute atomic E-state index is 0.569. The van der Waals surface area contributed by atoms with Gasteiger partial charge in [-0.25, -0.2) is 0 Å². The van der Waals surface area contributed by atoms with Crippen LogP contribution in [0.1, 0.15) is 22.8 Å². The molecular weight excluding hydrogens is 240 g/mol. The Labute approximate surface area is 113 Å². The summed E-state index contributed by atoms with van der Waals surface area (Å²) in [7, 11) is 3.16. The fourth-order valence-electron chi connectivity index (χ4n) is 2.15. The minimum Gasteiger partial charge on any atom is -0.493 e. The second-order valence-electron chi connectivity index (χ2n) is 4.40. The number of para-hydroxylation sites is 1. The van der Waals surface area contributed by atoms with Crippen LogP contribution in [0.5, 0.6) is 11.5 Å². The Hall–Kier alpha value is -2.00. The molecule has 100 valence electrons. The Morgan fingerprint density at radius 3 is 2.37 bits per heavy atom. The molecule has 2 aromatic rings. The summed E-state index contributed by atoms with van der Waals surface area (Å²) < 4.78 is 10.6. The van der Waals surface area contributed by atoms with E-state index in [9.17, 15) is 5.11 Å². The fourth-order valence-corrected chi connectivity index (χ4v) is 2.15. The summed E-state index contributed by atoms with van der Waals surface area (Å²) in [6.07, 6.45) is -0.732. The third-order valence-corrected chi connectivity index (χ3v) is 3.09. The maximum Gasteiger partial charge on any atom is 0.166 e. The van der Waals surface area contributed by atoms with Gasteiger partial charge in [0, 0.05) is 5.56 Å². The molecule has 3 nitrogen and oxygen atoms in total. The molecule has 3 heteroatoms. The van der Waals surface area contributed by atoms with Gasteiger partial charge in [0.2, 0.25) is 0 Å². The van der Waals surface area contributed by atoms with Gasteiger partial charge in [0.25, 0.3) is 0 Å². The SMILES string of the molecule is COc1cccc(C(O)c2cccc(C)c2)c1OC.